The predicted octanol–water partition coefficient (Wildman–Crippen LogP) is 2.52. The quantitative estimate of drug-likeness (QED) is 0.569. The molecule has 0 bridgehead atoms. The second-order valence-corrected chi connectivity index (χ2v) is 2.67. The van der Waals surface area contributed by atoms with E-state index in [0.29, 0.717) is 6.04 Å². The van der Waals surface area contributed by atoms with Gasteiger partial charge in [-0.3, -0.25) is 4.99 Å². The van der Waals surface area contributed by atoms with Gasteiger partial charge >= 0.3 is 0 Å². The molecule has 1 aliphatic heterocycles. The molecule has 1 aliphatic rings. The van der Waals surface area contributed by atoms with E-state index in [4.69, 9.17) is 0 Å². The Balaban J connectivity index is 2.90. The molecule has 0 N–H and O–H groups in total. The summed E-state index contributed by atoms with van der Waals surface area (Å²) in [5, 5.41) is 0. The van der Waals surface area contributed by atoms with E-state index in [1.807, 2.05) is 6.08 Å². The molecule has 0 aliphatic carbocycles. The van der Waals surface area contributed by atoms with Crippen molar-refractivity contribution in [2.45, 2.75) is 19.4 Å². The highest BCUT2D eigenvalue weighted by molar-refractivity contribution is 6.10. The average molecular weight is 147 g/mol. The molecule has 0 saturated heterocycles. The topological polar surface area (TPSA) is 12.4 Å². The van der Waals surface area contributed by atoms with Gasteiger partial charge in [-0.2, -0.15) is 0 Å². The van der Waals surface area contributed by atoms with Gasteiger partial charge in [-0.05, 0) is 25.0 Å². The van der Waals surface area contributed by atoms with Crippen LogP contribution < -0.4 is 0 Å². The fourth-order valence-corrected chi connectivity index (χ4v) is 1.13. The van der Waals surface area contributed by atoms with Crippen molar-refractivity contribution in [2.24, 2.45) is 4.99 Å². The Labute approximate surface area is 67.8 Å². The minimum atomic E-state index is 0.395. The Hall–Kier alpha value is -1.11. The summed E-state index contributed by atoms with van der Waals surface area (Å²) in [4.78, 5) is 4.41. The first kappa shape index (κ1) is 7.99. The molecular formula is C10H13N. The highest BCUT2D eigenvalue weighted by atomic mass is 14.8. The van der Waals surface area contributed by atoms with Gasteiger partial charge in [-0.25, -0.2) is 0 Å². The number of rotatable bonds is 2. The molecule has 1 nitrogen and oxygen atoms in total. The van der Waals surface area contributed by atoms with Crippen LogP contribution >= 0.6 is 0 Å². The normalized spacial score (nSPS) is 23.5. The molecule has 1 rings (SSSR count). The maximum Gasteiger partial charge on any atom is 0.0640 e. The lowest BCUT2D eigenvalue weighted by Crippen LogP contribution is -2.09. The van der Waals surface area contributed by atoms with Crippen LogP contribution in [-0.4, -0.2) is 11.8 Å². The monoisotopic (exact) mass is 147 g/mol. The molecule has 11 heavy (non-hydrogen) atoms. The first-order valence-electron chi connectivity index (χ1n) is 3.81. The first-order chi connectivity index (χ1) is 5.27. The summed E-state index contributed by atoms with van der Waals surface area (Å²) in [5.41, 5.74) is 2.08. The molecule has 1 heterocycles. The second-order valence-electron chi connectivity index (χ2n) is 2.67. The van der Waals surface area contributed by atoms with Crippen LogP contribution in [0.1, 0.15) is 13.3 Å². The highest BCUT2D eigenvalue weighted by Crippen LogP contribution is 2.13. The van der Waals surface area contributed by atoms with Crippen molar-refractivity contribution in [1.82, 2.24) is 0 Å². The summed E-state index contributed by atoms with van der Waals surface area (Å²) in [6.45, 7) is 9.51. The summed E-state index contributed by atoms with van der Waals surface area (Å²) in [6.07, 6.45) is 6.77. The molecule has 0 aromatic carbocycles. The van der Waals surface area contributed by atoms with E-state index in [9.17, 15) is 0 Å². The van der Waals surface area contributed by atoms with E-state index in [0.717, 1.165) is 17.7 Å². The maximum absolute atomic E-state index is 4.41. The predicted molar refractivity (Wildman–Crippen MR) is 50.0 cm³/mol. The molecular weight excluding hydrogens is 134 g/mol. The van der Waals surface area contributed by atoms with E-state index in [1.165, 1.54) is 0 Å². The van der Waals surface area contributed by atoms with Crippen molar-refractivity contribution in [3.05, 3.63) is 37.0 Å². The fraction of sp³-hybridized carbons (Fsp3) is 0.300. The van der Waals surface area contributed by atoms with Crippen molar-refractivity contribution in [1.29, 1.82) is 0 Å². The lowest BCUT2D eigenvalue weighted by Gasteiger charge is -2.13. The SMILES string of the molecule is C=CC1=CCC(C)N=C1C=C. The summed E-state index contributed by atoms with van der Waals surface area (Å²) >= 11 is 0. The third kappa shape index (κ3) is 1.67. The number of hydrogen-bond acceptors (Lipinski definition) is 1. The van der Waals surface area contributed by atoms with Crippen LogP contribution in [0.25, 0.3) is 0 Å². The molecule has 0 amide bonds. The number of dihydropyridines is 1. The van der Waals surface area contributed by atoms with Crippen molar-refractivity contribution >= 4 is 5.71 Å². The Morgan fingerprint density at radius 2 is 2.27 bits per heavy atom. The third-order valence-corrected chi connectivity index (χ3v) is 1.75. The molecule has 1 atom stereocenters. The molecule has 58 valence electrons. The van der Waals surface area contributed by atoms with Crippen molar-refractivity contribution in [3.63, 3.8) is 0 Å². The summed E-state index contributed by atoms with van der Waals surface area (Å²) in [5.74, 6) is 0. The number of nitrogens with zero attached hydrogens (tertiary/aromatic N) is 1. The van der Waals surface area contributed by atoms with Gasteiger partial charge in [0.2, 0.25) is 0 Å². The molecule has 1 heteroatoms. The van der Waals surface area contributed by atoms with Gasteiger partial charge in [0.25, 0.3) is 0 Å². The van der Waals surface area contributed by atoms with Gasteiger partial charge in [0.05, 0.1) is 11.8 Å². The lowest BCUT2D eigenvalue weighted by atomic mass is 10.0. The third-order valence-electron chi connectivity index (χ3n) is 1.75. The highest BCUT2D eigenvalue weighted by Gasteiger charge is 2.08. The number of allylic oxidation sites excluding steroid dienone is 3. The molecule has 0 spiro atoms. The lowest BCUT2D eigenvalue weighted by molar-refractivity contribution is 0.750. The van der Waals surface area contributed by atoms with Gasteiger partial charge in [0.15, 0.2) is 0 Å². The van der Waals surface area contributed by atoms with Gasteiger partial charge in [-0.1, -0.05) is 25.3 Å². The second kappa shape index (κ2) is 3.33. The summed E-state index contributed by atoms with van der Waals surface area (Å²) < 4.78 is 0. The zero-order chi connectivity index (χ0) is 8.27. The molecule has 0 saturated carbocycles. The molecule has 0 aromatic rings. The van der Waals surface area contributed by atoms with E-state index < -0.39 is 0 Å². The minimum Gasteiger partial charge on any atom is -0.281 e. The standard InChI is InChI=1S/C10H13N/c1-4-9-7-6-8(3)11-10(9)5-2/h4-5,7-8H,1-2,6H2,3H3. The maximum atomic E-state index is 4.41. The molecule has 0 fully saturated rings. The van der Waals surface area contributed by atoms with Gasteiger partial charge < -0.3 is 0 Å². The average Bonchev–Trinajstić information content (AvgIpc) is 2.04. The van der Waals surface area contributed by atoms with E-state index in [2.05, 4.69) is 31.2 Å². The van der Waals surface area contributed by atoms with Crippen LogP contribution in [0.15, 0.2) is 42.0 Å². The van der Waals surface area contributed by atoms with Crippen LogP contribution in [0.3, 0.4) is 0 Å². The summed E-state index contributed by atoms with van der Waals surface area (Å²) in [7, 11) is 0. The number of hydrogen-bond donors (Lipinski definition) is 0. The Kier molecular flexibility index (Phi) is 2.42. The van der Waals surface area contributed by atoms with Crippen LogP contribution in [-0.2, 0) is 0 Å². The van der Waals surface area contributed by atoms with E-state index in [1.54, 1.807) is 6.08 Å². The Morgan fingerprint density at radius 1 is 1.55 bits per heavy atom. The zero-order valence-corrected chi connectivity index (χ0v) is 6.88. The largest absolute Gasteiger partial charge is 0.281 e. The number of aliphatic imine (C=N–C) groups is 1. The van der Waals surface area contributed by atoms with Crippen LogP contribution in [0.4, 0.5) is 0 Å². The minimum absolute atomic E-state index is 0.395. The van der Waals surface area contributed by atoms with Crippen molar-refractivity contribution in [3.8, 4) is 0 Å². The van der Waals surface area contributed by atoms with Crippen molar-refractivity contribution < 1.29 is 0 Å². The molecule has 1 unspecified atom stereocenters. The smallest absolute Gasteiger partial charge is 0.0640 e. The van der Waals surface area contributed by atoms with Crippen LogP contribution in [0.5, 0.6) is 0 Å². The van der Waals surface area contributed by atoms with Gasteiger partial charge in [0.1, 0.15) is 0 Å². The van der Waals surface area contributed by atoms with Crippen LogP contribution in [0.2, 0.25) is 0 Å². The van der Waals surface area contributed by atoms with Crippen LogP contribution in [0, 0.1) is 0 Å². The summed E-state index contributed by atoms with van der Waals surface area (Å²) in [6, 6.07) is 0.395. The van der Waals surface area contributed by atoms with E-state index in [-0.39, 0.29) is 0 Å². The van der Waals surface area contributed by atoms with Gasteiger partial charge in [0, 0.05) is 0 Å². The molecule has 0 aromatic heterocycles. The van der Waals surface area contributed by atoms with Crippen molar-refractivity contribution in [2.75, 3.05) is 0 Å². The van der Waals surface area contributed by atoms with E-state index >= 15 is 0 Å². The molecule has 0 radical (unpaired) electrons. The first-order valence-corrected chi connectivity index (χ1v) is 3.81. The van der Waals surface area contributed by atoms with Gasteiger partial charge in [-0.15, -0.1) is 0 Å². The Bertz CT molecular complexity index is 233. The Morgan fingerprint density at radius 3 is 2.82 bits per heavy atom. The fourth-order valence-electron chi connectivity index (χ4n) is 1.13. The zero-order valence-electron chi connectivity index (χ0n) is 6.88.